The zero-order valence-corrected chi connectivity index (χ0v) is 27.8. The van der Waals surface area contributed by atoms with Crippen LogP contribution in [-0.2, 0) is 19.4 Å². The Hall–Kier alpha value is -3.30. The highest BCUT2D eigenvalue weighted by Gasteiger charge is 2.47. The van der Waals surface area contributed by atoms with E-state index in [1.54, 1.807) is 11.6 Å². The van der Waals surface area contributed by atoms with E-state index in [9.17, 15) is 14.2 Å². The van der Waals surface area contributed by atoms with Crippen molar-refractivity contribution in [2.45, 2.75) is 44.6 Å². The number of piperidine rings is 1. The standard InChI is InChI=1S/C35H40ClN4O5P/c1-26-18-20-39(21-19-26)46(36,43)44-25-31-23-38(24-32(45-31)40-22-27(2)33(41)37-34(40)42)35(28-12-6-3-7-13-28,29-14-8-4-9-15-29)30-16-10-5-11-17-30/h3-17,22,26,31-32H,18-21,23-25H2,1-2H3,(H,37,41,42). The van der Waals surface area contributed by atoms with Crippen LogP contribution in [0.15, 0.2) is 107 Å². The first-order valence-corrected chi connectivity index (χ1v) is 18.3. The number of nitrogens with zero attached hydrogens (tertiary/aromatic N) is 3. The van der Waals surface area contributed by atoms with Crippen LogP contribution in [-0.4, -0.2) is 58.0 Å². The van der Waals surface area contributed by atoms with Crippen molar-refractivity contribution in [2.75, 3.05) is 32.8 Å². The first-order valence-electron chi connectivity index (χ1n) is 15.8. The van der Waals surface area contributed by atoms with Crippen LogP contribution >= 0.6 is 18.1 Å². The summed E-state index contributed by atoms with van der Waals surface area (Å²) in [6.07, 6.45) is 1.91. The molecule has 11 heteroatoms. The van der Waals surface area contributed by atoms with E-state index in [1.807, 2.05) is 54.6 Å². The van der Waals surface area contributed by atoms with Crippen LogP contribution in [0, 0.1) is 12.8 Å². The fraction of sp³-hybridized carbons (Fsp3) is 0.371. The van der Waals surface area contributed by atoms with E-state index in [-0.39, 0.29) is 6.61 Å². The summed E-state index contributed by atoms with van der Waals surface area (Å²) in [5.74, 6) is 0.546. The molecule has 46 heavy (non-hydrogen) atoms. The van der Waals surface area contributed by atoms with E-state index >= 15 is 0 Å². The number of benzene rings is 3. The van der Waals surface area contributed by atoms with E-state index in [4.69, 9.17) is 20.5 Å². The van der Waals surface area contributed by atoms with Gasteiger partial charge in [0.05, 0.1) is 18.2 Å². The van der Waals surface area contributed by atoms with E-state index < -0.39 is 36.0 Å². The van der Waals surface area contributed by atoms with Crippen molar-refractivity contribution in [3.8, 4) is 0 Å². The van der Waals surface area contributed by atoms with Crippen molar-refractivity contribution in [3.63, 3.8) is 0 Å². The first kappa shape index (κ1) is 32.6. The number of rotatable bonds is 9. The van der Waals surface area contributed by atoms with Crippen LogP contribution in [0.5, 0.6) is 0 Å². The van der Waals surface area contributed by atoms with Gasteiger partial charge in [-0.25, -0.2) is 9.46 Å². The van der Waals surface area contributed by atoms with Gasteiger partial charge in [-0.15, -0.1) is 0 Å². The number of hydrogen-bond acceptors (Lipinski definition) is 6. The largest absolute Gasteiger partial charge is 0.363 e. The third-order valence-corrected chi connectivity index (χ3v) is 11.7. The number of ether oxygens (including phenoxy) is 1. The molecule has 0 saturated carbocycles. The average molecular weight is 663 g/mol. The van der Waals surface area contributed by atoms with Crippen LogP contribution in [0.2, 0.25) is 0 Å². The average Bonchev–Trinajstić information content (AvgIpc) is 3.07. The lowest BCUT2D eigenvalue weighted by atomic mass is 9.75. The maximum Gasteiger partial charge on any atom is 0.363 e. The number of morpholine rings is 1. The summed E-state index contributed by atoms with van der Waals surface area (Å²) in [4.78, 5) is 30.2. The second-order valence-corrected chi connectivity index (χ2v) is 15.3. The molecular weight excluding hydrogens is 623 g/mol. The highest BCUT2D eigenvalue weighted by Crippen LogP contribution is 2.57. The van der Waals surface area contributed by atoms with Gasteiger partial charge in [-0.3, -0.25) is 23.8 Å². The number of aryl methyl sites for hydroxylation is 1. The minimum absolute atomic E-state index is 0.0502. The molecule has 242 valence electrons. The van der Waals surface area contributed by atoms with Crippen molar-refractivity contribution in [2.24, 2.45) is 5.92 Å². The molecule has 3 unspecified atom stereocenters. The molecular formula is C35H40ClN4O5P. The molecule has 2 aliphatic rings. The van der Waals surface area contributed by atoms with Crippen molar-refractivity contribution < 1.29 is 13.8 Å². The van der Waals surface area contributed by atoms with E-state index in [0.717, 1.165) is 29.5 Å². The fourth-order valence-electron chi connectivity index (χ4n) is 6.71. The SMILES string of the molecule is Cc1cn(C2CN(C(c3ccccc3)(c3ccccc3)c3ccccc3)CC(COP(=O)(Cl)N3CCC(C)CC3)O2)c(=O)[nH]c1=O. The molecule has 4 aromatic rings. The predicted octanol–water partition coefficient (Wildman–Crippen LogP) is 6.13. The number of nitrogens with one attached hydrogen (secondary N) is 1. The number of aromatic nitrogens is 2. The molecule has 9 nitrogen and oxygen atoms in total. The lowest BCUT2D eigenvalue weighted by Crippen LogP contribution is -2.58. The smallest absolute Gasteiger partial charge is 0.350 e. The van der Waals surface area contributed by atoms with E-state index in [0.29, 0.717) is 37.7 Å². The minimum atomic E-state index is -3.62. The maximum atomic E-state index is 13.7. The molecule has 2 saturated heterocycles. The lowest BCUT2D eigenvalue weighted by Gasteiger charge is -2.50. The van der Waals surface area contributed by atoms with Gasteiger partial charge in [-0.05, 0) is 53.6 Å². The summed E-state index contributed by atoms with van der Waals surface area (Å²) in [6.45, 7) is 2.04. The quantitative estimate of drug-likeness (QED) is 0.170. The Morgan fingerprint density at radius 3 is 1.93 bits per heavy atom. The summed E-state index contributed by atoms with van der Waals surface area (Å²) in [5, 5.41) is 0. The number of H-pyrrole nitrogens is 1. The van der Waals surface area contributed by atoms with Gasteiger partial charge in [0.1, 0.15) is 0 Å². The molecule has 1 N–H and O–H groups in total. The highest BCUT2D eigenvalue weighted by molar-refractivity contribution is 7.83. The van der Waals surface area contributed by atoms with Gasteiger partial charge < -0.3 is 9.26 Å². The Morgan fingerprint density at radius 2 is 1.41 bits per heavy atom. The second-order valence-electron chi connectivity index (χ2n) is 12.3. The van der Waals surface area contributed by atoms with Gasteiger partial charge in [-0.2, -0.15) is 0 Å². The molecule has 0 bridgehead atoms. The van der Waals surface area contributed by atoms with E-state index in [2.05, 4.69) is 53.2 Å². The Bertz CT molecular complexity index is 1680. The molecule has 1 aromatic heterocycles. The molecule has 0 amide bonds. The summed E-state index contributed by atoms with van der Waals surface area (Å²) in [7, 11) is 0. The number of halogens is 1. The van der Waals surface area contributed by atoms with Gasteiger partial charge in [0.25, 0.3) is 5.56 Å². The predicted molar refractivity (Wildman–Crippen MR) is 180 cm³/mol. The Balaban J connectivity index is 1.46. The Morgan fingerprint density at radius 1 is 0.891 bits per heavy atom. The number of aromatic amines is 1. The zero-order chi connectivity index (χ0) is 32.3. The molecule has 6 rings (SSSR count). The molecule has 2 aliphatic heterocycles. The lowest BCUT2D eigenvalue weighted by molar-refractivity contribution is -0.148. The third-order valence-electron chi connectivity index (χ3n) is 9.17. The molecule has 0 radical (unpaired) electrons. The minimum Gasteiger partial charge on any atom is -0.350 e. The van der Waals surface area contributed by atoms with Gasteiger partial charge in [0, 0.05) is 37.9 Å². The van der Waals surface area contributed by atoms with Crippen molar-refractivity contribution >= 4 is 18.1 Å². The molecule has 0 spiro atoms. The molecule has 3 heterocycles. The summed E-state index contributed by atoms with van der Waals surface area (Å²) in [5.41, 5.74) is 1.66. The van der Waals surface area contributed by atoms with Gasteiger partial charge in [0.15, 0.2) is 6.23 Å². The molecule has 3 aromatic carbocycles. The van der Waals surface area contributed by atoms with E-state index in [1.165, 1.54) is 10.8 Å². The Labute approximate surface area is 274 Å². The van der Waals surface area contributed by atoms with Crippen molar-refractivity contribution in [3.05, 3.63) is 140 Å². The summed E-state index contributed by atoms with van der Waals surface area (Å²) in [6, 6.07) is 30.7. The third kappa shape index (κ3) is 6.58. The summed E-state index contributed by atoms with van der Waals surface area (Å²) >= 11 is 6.61. The highest BCUT2D eigenvalue weighted by atomic mass is 35.7. The second kappa shape index (κ2) is 13.8. The molecule has 3 atom stereocenters. The van der Waals surface area contributed by atoms with Crippen LogP contribution < -0.4 is 11.2 Å². The van der Waals surface area contributed by atoms with Gasteiger partial charge in [0.2, 0.25) is 0 Å². The van der Waals surface area contributed by atoms with Gasteiger partial charge >= 0.3 is 12.6 Å². The van der Waals surface area contributed by atoms with Crippen LogP contribution in [0.25, 0.3) is 0 Å². The normalized spacial score (nSPS) is 21.5. The fourth-order valence-corrected chi connectivity index (χ4v) is 8.56. The number of hydrogen-bond donors (Lipinski definition) is 1. The Kier molecular flexibility index (Phi) is 9.80. The molecule has 0 aliphatic carbocycles. The summed E-state index contributed by atoms with van der Waals surface area (Å²) < 4.78 is 29.4. The molecule has 2 fully saturated rings. The van der Waals surface area contributed by atoms with Crippen LogP contribution in [0.4, 0.5) is 0 Å². The van der Waals surface area contributed by atoms with Crippen molar-refractivity contribution in [1.82, 2.24) is 19.1 Å². The van der Waals surface area contributed by atoms with Gasteiger partial charge in [-0.1, -0.05) is 97.9 Å². The first-order chi connectivity index (χ1) is 22.2. The topological polar surface area (TPSA) is 96.9 Å². The van der Waals surface area contributed by atoms with Crippen molar-refractivity contribution in [1.29, 1.82) is 0 Å². The zero-order valence-electron chi connectivity index (χ0n) is 26.1. The monoisotopic (exact) mass is 662 g/mol. The van der Waals surface area contributed by atoms with Crippen LogP contribution in [0.1, 0.15) is 48.2 Å². The maximum absolute atomic E-state index is 13.7. The van der Waals surface area contributed by atoms with Crippen LogP contribution in [0.3, 0.4) is 0 Å².